The highest BCUT2D eigenvalue weighted by Crippen LogP contribution is 2.30. The normalized spacial score (nSPS) is 20.5. The van der Waals surface area contributed by atoms with Crippen molar-refractivity contribution < 1.29 is 19.4 Å². The zero-order valence-electron chi connectivity index (χ0n) is 13.0. The van der Waals surface area contributed by atoms with Crippen LogP contribution in [-0.2, 0) is 14.3 Å². The molecule has 1 amide bonds. The van der Waals surface area contributed by atoms with Crippen LogP contribution in [0.15, 0.2) is 0 Å². The van der Waals surface area contributed by atoms with Crippen LogP contribution in [0.4, 0.5) is 0 Å². The molecular weight excluding hydrogens is 258 g/mol. The molecule has 20 heavy (non-hydrogen) atoms. The molecule has 0 aliphatic carbocycles. The third-order valence-electron chi connectivity index (χ3n) is 4.52. The Kier molecular flexibility index (Phi) is 5.57. The number of carboxylic acids is 1. The average molecular weight is 285 g/mol. The zero-order valence-corrected chi connectivity index (χ0v) is 13.0. The Morgan fingerprint density at radius 1 is 1.25 bits per heavy atom. The van der Waals surface area contributed by atoms with E-state index < -0.39 is 16.9 Å². The Morgan fingerprint density at radius 2 is 1.90 bits per heavy atom. The van der Waals surface area contributed by atoms with Gasteiger partial charge in [0.15, 0.2) is 0 Å². The van der Waals surface area contributed by atoms with Gasteiger partial charge in [0.1, 0.15) is 0 Å². The highest BCUT2D eigenvalue weighted by molar-refractivity contribution is 5.80. The largest absolute Gasteiger partial charge is 0.481 e. The highest BCUT2D eigenvalue weighted by Gasteiger charge is 2.44. The van der Waals surface area contributed by atoms with Crippen molar-refractivity contribution in [3.05, 3.63) is 0 Å². The number of hydrogen-bond donors (Lipinski definition) is 2. The van der Waals surface area contributed by atoms with Crippen LogP contribution in [0.25, 0.3) is 0 Å². The van der Waals surface area contributed by atoms with Crippen LogP contribution >= 0.6 is 0 Å². The molecule has 5 nitrogen and oxygen atoms in total. The summed E-state index contributed by atoms with van der Waals surface area (Å²) in [6.45, 7) is 7.52. The molecule has 2 N–H and O–H groups in total. The molecule has 5 heteroatoms. The van der Waals surface area contributed by atoms with E-state index in [1.165, 1.54) is 0 Å². The summed E-state index contributed by atoms with van der Waals surface area (Å²) < 4.78 is 5.59. The lowest BCUT2D eigenvalue weighted by atomic mass is 9.74. The number of amides is 1. The molecule has 1 heterocycles. The molecule has 0 aromatic rings. The van der Waals surface area contributed by atoms with Gasteiger partial charge in [0.2, 0.25) is 5.91 Å². The van der Waals surface area contributed by atoms with E-state index in [9.17, 15) is 14.7 Å². The summed E-state index contributed by atoms with van der Waals surface area (Å²) in [5.74, 6) is -1.03. The summed E-state index contributed by atoms with van der Waals surface area (Å²) >= 11 is 0. The first kappa shape index (κ1) is 17.0. The van der Waals surface area contributed by atoms with Gasteiger partial charge in [-0.3, -0.25) is 9.59 Å². The molecule has 0 aromatic carbocycles. The first-order valence-corrected chi connectivity index (χ1v) is 7.33. The van der Waals surface area contributed by atoms with Gasteiger partial charge in [-0.2, -0.15) is 0 Å². The Hall–Kier alpha value is -1.10. The van der Waals surface area contributed by atoms with E-state index in [1.54, 1.807) is 27.7 Å². The van der Waals surface area contributed by atoms with Gasteiger partial charge in [0.05, 0.1) is 11.5 Å². The Labute approximate surface area is 121 Å². The first-order valence-electron chi connectivity index (χ1n) is 7.33. The molecule has 0 radical (unpaired) electrons. The van der Waals surface area contributed by atoms with Gasteiger partial charge in [-0.25, -0.2) is 0 Å². The number of aliphatic carboxylic acids is 1. The number of carbonyl (C=O) groups is 2. The fourth-order valence-electron chi connectivity index (χ4n) is 2.16. The van der Waals surface area contributed by atoms with Gasteiger partial charge < -0.3 is 15.2 Å². The van der Waals surface area contributed by atoms with E-state index in [4.69, 9.17) is 4.74 Å². The number of nitrogens with one attached hydrogen (secondary N) is 1. The van der Waals surface area contributed by atoms with Crippen molar-refractivity contribution >= 4 is 11.9 Å². The quantitative estimate of drug-likeness (QED) is 0.785. The zero-order chi connectivity index (χ0) is 15.4. The van der Waals surface area contributed by atoms with Crippen molar-refractivity contribution in [2.45, 2.75) is 71.4 Å². The maximum absolute atomic E-state index is 12.0. The number of carbonyl (C=O) groups excluding carboxylic acids is 1. The van der Waals surface area contributed by atoms with Crippen molar-refractivity contribution in [3.8, 4) is 0 Å². The second kappa shape index (κ2) is 6.57. The molecule has 1 aliphatic heterocycles. The van der Waals surface area contributed by atoms with E-state index in [1.807, 2.05) is 0 Å². The maximum Gasteiger partial charge on any atom is 0.311 e. The lowest BCUT2D eigenvalue weighted by molar-refractivity contribution is -0.151. The number of hydrogen-bond acceptors (Lipinski definition) is 3. The molecule has 1 fully saturated rings. The molecule has 1 aliphatic rings. The fraction of sp³-hybridized carbons (Fsp3) is 0.867. The minimum atomic E-state index is -1.02. The Bertz CT molecular complexity index is 357. The standard InChI is InChI=1S/C15H27NO4/c1-14(2,13(18)19)15(3,4)16-12(17)9-8-11-7-5-6-10-20-11/h11H,5-10H2,1-4H3,(H,16,17)(H,18,19). The summed E-state index contributed by atoms with van der Waals surface area (Å²) in [7, 11) is 0. The van der Waals surface area contributed by atoms with Crippen molar-refractivity contribution in [3.63, 3.8) is 0 Å². The fourth-order valence-corrected chi connectivity index (χ4v) is 2.16. The summed E-state index contributed by atoms with van der Waals surface area (Å²) in [6.07, 6.45) is 4.52. The Morgan fingerprint density at radius 3 is 2.40 bits per heavy atom. The van der Waals surface area contributed by atoms with E-state index in [-0.39, 0.29) is 12.0 Å². The summed E-state index contributed by atoms with van der Waals surface area (Å²) in [4.78, 5) is 23.3. The smallest absolute Gasteiger partial charge is 0.311 e. The molecule has 0 bridgehead atoms. The van der Waals surface area contributed by atoms with Gasteiger partial charge in [-0.05, 0) is 53.4 Å². The monoisotopic (exact) mass is 285 g/mol. The van der Waals surface area contributed by atoms with Crippen LogP contribution < -0.4 is 5.32 Å². The van der Waals surface area contributed by atoms with Gasteiger partial charge in [0, 0.05) is 18.6 Å². The minimum absolute atomic E-state index is 0.113. The van der Waals surface area contributed by atoms with Crippen LogP contribution in [0.5, 0.6) is 0 Å². The Balaban J connectivity index is 2.46. The van der Waals surface area contributed by atoms with E-state index in [0.717, 1.165) is 25.9 Å². The van der Waals surface area contributed by atoms with Crippen LogP contribution in [0, 0.1) is 5.41 Å². The van der Waals surface area contributed by atoms with Crippen molar-refractivity contribution in [1.82, 2.24) is 5.32 Å². The molecular formula is C15H27NO4. The van der Waals surface area contributed by atoms with E-state index >= 15 is 0 Å². The minimum Gasteiger partial charge on any atom is -0.481 e. The van der Waals surface area contributed by atoms with Crippen LogP contribution in [0.3, 0.4) is 0 Å². The van der Waals surface area contributed by atoms with Gasteiger partial charge in [0.25, 0.3) is 0 Å². The molecule has 1 atom stereocenters. The lowest BCUT2D eigenvalue weighted by Gasteiger charge is -2.39. The van der Waals surface area contributed by atoms with E-state index in [2.05, 4.69) is 5.32 Å². The van der Waals surface area contributed by atoms with Gasteiger partial charge in [-0.1, -0.05) is 0 Å². The predicted molar refractivity (Wildman–Crippen MR) is 76.5 cm³/mol. The van der Waals surface area contributed by atoms with Crippen molar-refractivity contribution in [2.75, 3.05) is 6.61 Å². The molecule has 1 rings (SSSR count). The summed E-state index contributed by atoms with van der Waals surface area (Å²) in [5.41, 5.74) is -1.83. The molecule has 1 unspecified atom stereocenters. The third kappa shape index (κ3) is 4.20. The van der Waals surface area contributed by atoms with Crippen molar-refractivity contribution in [2.24, 2.45) is 5.41 Å². The van der Waals surface area contributed by atoms with Crippen LogP contribution in [0.1, 0.15) is 59.8 Å². The molecule has 0 spiro atoms. The molecule has 0 saturated carbocycles. The van der Waals surface area contributed by atoms with Gasteiger partial charge in [-0.15, -0.1) is 0 Å². The number of ether oxygens (including phenoxy) is 1. The second-order valence-electron chi connectivity index (χ2n) is 6.63. The first-order chi connectivity index (χ1) is 9.17. The maximum atomic E-state index is 12.0. The SMILES string of the molecule is CC(C)(NC(=O)CCC1CCCCO1)C(C)(C)C(=O)O. The topological polar surface area (TPSA) is 75.6 Å². The van der Waals surface area contributed by atoms with Crippen molar-refractivity contribution in [1.29, 1.82) is 0 Å². The highest BCUT2D eigenvalue weighted by atomic mass is 16.5. The summed E-state index contributed by atoms with van der Waals surface area (Å²) in [6, 6.07) is 0. The summed E-state index contributed by atoms with van der Waals surface area (Å²) in [5, 5.41) is 12.1. The molecule has 116 valence electrons. The predicted octanol–water partition coefficient (Wildman–Crippen LogP) is 2.34. The molecule has 1 saturated heterocycles. The van der Waals surface area contributed by atoms with Gasteiger partial charge >= 0.3 is 5.97 Å². The average Bonchev–Trinajstić information content (AvgIpc) is 2.36. The van der Waals surface area contributed by atoms with Crippen LogP contribution in [-0.4, -0.2) is 35.2 Å². The third-order valence-corrected chi connectivity index (χ3v) is 4.52. The second-order valence-corrected chi connectivity index (χ2v) is 6.63. The van der Waals surface area contributed by atoms with Crippen LogP contribution in [0.2, 0.25) is 0 Å². The molecule has 0 aromatic heterocycles. The van der Waals surface area contributed by atoms with E-state index in [0.29, 0.717) is 12.8 Å². The number of carboxylic acid groups (broad SMARTS) is 1. The number of rotatable bonds is 6. The lowest BCUT2D eigenvalue weighted by Crippen LogP contribution is -2.57.